The molecule has 0 bridgehead atoms. The second-order valence-corrected chi connectivity index (χ2v) is 6.15. The standard InChI is InChI=1S/C16H27N3O6S/c1-4-13(21)19-12(14(22)17-10(2)9-20)7-5-6-8-25-15(23)11(3)18-16(24)26/h9-12H,4-8H2,1-3H3,(H,17,22)(H,19,21)(H2,18,24,26). The fourth-order valence-electron chi connectivity index (χ4n) is 1.92. The highest BCUT2D eigenvalue weighted by Crippen LogP contribution is 2.04. The van der Waals surface area contributed by atoms with E-state index in [4.69, 9.17) is 4.74 Å². The van der Waals surface area contributed by atoms with Crippen molar-refractivity contribution in [1.82, 2.24) is 16.0 Å². The van der Waals surface area contributed by atoms with E-state index in [0.29, 0.717) is 25.5 Å². The highest BCUT2D eigenvalue weighted by molar-refractivity contribution is 7.96. The van der Waals surface area contributed by atoms with Gasteiger partial charge in [-0.05, 0) is 33.1 Å². The third-order valence-electron chi connectivity index (χ3n) is 3.37. The first-order chi connectivity index (χ1) is 12.2. The SMILES string of the molecule is CCC(=O)NC(CCCCOC(=O)C(C)NC(=O)S)C(=O)NC(C)C=O. The zero-order valence-corrected chi connectivity index (χ0v) is 16.1. The van der Waals surface area contributed by atoms with Gasteiger partial charge in [0.15, 0.2) is 0 Å². The Kier molecular flexibility index (Phi) is 12.1. The van der Waals surface area contributed by atoms with Crippen molar-refractivity contribution in [1.29, 1.82) is 0 Å². The van der Waals surface area contributed by atoms with E-state index in [-0.39, 0.29) is 18.9 Å². The number of aldehydes is 1. The molecule has 0 aliphatic carbocycles. The molecule has 0 fully saturated rings. The van der Waals surface area contributed by atoms with Gasteiger partial charge in [0.2, 0.25) is 11.8 Å². The third kappa shape index (κ3) is 10.7. The molecule has 0 aliphatic rings. The van der Waals surface area contributed by atoms with Gasteiger partial charge in [-0.25, -0.2) is 4.79 Å². The number of ether oxygens (including phenoxy) is 1. The van der Waals surface area contributed by atoms with E-state index in [9.17, 15) is 24.0 Å². The van der Waals surface area contributed by atoms with Gasteiger partial charge in [0, 0.05) is 6.42 Å². The van der Waals surface area contributed by atoms with Gasteiger partial charge in [0.05, 0.1) is 12.6 Å². The Morgan fingerprint density at radius 1 is 1.08 bits per heavy atom. The van der Waals surface area contributed by atoms with Crippen LogP contribution in [0.2, 0.25) is 0 Å². The summed E-state index contributed by atoms with van der Waals surface area (Å²) in [6.07, 6.45) is 2.16. The second-order valence-electron chi connectivity index (χ2n) is 5.74. The van der Waals surface area contributed by atoms with Gasteiger partial charge in [-0.3, -0.25) is 14.4 Å². The fraction of sp³-hybridized carbons (Fsp3) is 0.688. The molecule has 3 amide bonds. The lowest BCUT2D eigenvalue weighted by Gasteiger charge is -2.19. The molecule has 10 heteroatoms. The molecule has 9 nitrogen and oxygen atoms in total. The van der Waals surface area contributed by atoms with Gasteiger partial charge in [-0.1, -0.05) is 19.6 Å². The molecule has 0 radical (unpaired) electrons. The van der Waals surface area contributed by atoms with Crippen LogP contribution in [0.5, 0.6) is 0 Å². The lowest BCUT2D eigenvalue weighted by atomic mass is 10.1. The quantitative estimate of drug-likeness (QED) is 0.165. The summed E-state index contributed by atoms with van der Waals surface area (Å²) < 4.78 is 5.01. The predicted molar refractivity (Wildman–Crippen MR) is 97.7 cm³/mol. The van der Waals surface area contributed by atoms with Crippen molar-refractivity contribution in [3.8, 4) is 0 Å². The lowest BCUT2D eigenvalue weighted by Crippen LogP contribution is -2.49. The number of amides is 3. The molecule has 0 heterocycles. The number of thiol groups is 1. The minimum Gasteiger partial charge on any atom is -0.464 e. The normalized spacial score (nSPS) is 13.7. The monoisotopic (exact) mass is 389 g/mol. The summed E-state index contributed by atoms with van der Waals surface area (Å²) >= 11 is 3.51. The predicted octanol–water partition coefficient (Wildman–Crippen LogP) is 0.326. The molecule has 3 atom stereocenters. The Labute approximate surface area is 158 Å². The zero-order valence-electron chi connectivity index (χ0n) is 15.2. The smallest absolute Gasteiger partial charge is 0.328 e. The van der Waals surface area contributed by atoms with Gasteiger partial charge < -0.3 is 25.5 Å². The minimum absolute atomic E-state index is 0.117. The zero-order chi connectivity index (χ0) is 20.1. The molecule has 0 aromatic rings. The van der Waals surface area contributed by atoms with Crippen LogP contribution in [0.25, 0.3) is 0 Å². The van der Waals surface area contributed by atoms with Gasteiger partial charge in [0.1, 0.15) is 18.4 Å². The Morgan fingerprint density at radius 3 is 2.27 bits per heavy atom. The van der Waals surface area contributed by atoms with Crippen LogP contribution < -0.4 is 16.0 Å². The Morgan fingerprint density at radius 2 is 1.73 bits per heavy atom. The number of carbonyl (C=O) groups is 5. The van der Waals surface area contributed by atoms with Crippen LogP contribution >= 0.6 is 12.6 Å². The average molecular weight is 389 g/mol. The van der Waals surface area contributed by atoms with E-state index in [0.717, 1.165) is 0 Å². The van der Waals surface area contributed by atoms with Crippen LogP contribution in [-0.2, 0) is 23.9 Å². The van der Waals surface area contributed by atoms with Crippen molar-refractivity contribution in [3.05, 3.63) is 0 Å². The lowest BCUT2D eigenvalue weighted by molar-refractivity contribution is -0.145. The van der Waals surface area contributed by atoms with Crippen molar-refractivity contribution < 1.29 is 28.7 Å². The molecular formula is C16H27N3O6S. The summed E-state index contributed by atoms with van der Waals surface area (Å²) in [5.74, 6) is -1.29. The largest absolute Gasteiger partial charge is 0.464 e. The molecule has 0 rings (SSSR count). The molecule has 0 saturated carbocycles. The Bertz CT molecular complexity index is 514. The number of hydrogen-bond acceptors (Lipinski definition) is 6. The molecule has 0 aromatic heterocycles. The summed E-state index contributed by atoms with van der Waals surface area (Å²) in [5, 5.41) is 6.77. The topological polar surface area (TPSA) is 131 Å². The number of unbranched alkanes of at least 4 members (excludes halogenated alkanes) is 1. The van der Waals surface area contributed by atoms with Crippen molar-refractivity contribution >= 4 is 41.9 Å². The first kappa shape index (κ1) is 23.9. The molecular weight excluding hydrogens is 362 g/mol. The van der Waals surface area contributed by atoms with E-state index in [2.05, 4.69) is 28.6 Å². The summed E-state index contributed by atoms with van der Waals surface area (Å²) in [4.78, 5) is 56.6. The maximum atomic E-state index is 12.1. The molecule has 0 saturated heterocycles. The summed E-state index contributed by atoms with van der Waals surface area (Å²) in [6.45, 7) is 4.80. The molecule has 3 unspecified atom stereocenters. The van der Waals surface area contributed by atoms with Crippen molar-refractivity contribution in [2.75, 3.05) is 6.61 Å². The fourth-order valence-corrected chi connectivity index (χ4v) is 2.11. The maximum Gasteiger partial charge on any atom is 0.328 e. The number of rotatable bonds is 12. The second kappa shape index (κ2) is 13.2. The first-order valence-corrected chi connectivity index (χ1v) is 8.87. The summed E-state index contributed by atoms with van der Waals surface area (Å²) in [5.41, 5.74) is 0. The van der Waals surface area contributed by atoms with Crippen LogP contribution in [0, 0.1) is 0 Å². The van der Waals surface area contributed by atoms with E-state index in [1.807, 2.05) is 0 Å². The number of carbonyl (C=O) groups excluding carboxylic acids is 5. The van der Waals surface area contributed by atoms with Gasteiger partial charge in [0.25, 0.3) is 5.24 Å². The van der Waals surface area contributed by atoms with Gasteiger partial charge in [-0.2, -0.15) is 0 Å². The Balaban J connectivity index is 4.33. The van der Waals surface area contributed by atoms with E-state index >= 15 is 0 Å². The molecule has 3 N–H and O–H groups in total. The number of nitrogens with one attached hydrogen (secondary N) is 3. The number of esters is 1. The van der Waals surface area contributed by atoms with Crippen LogP contribution in [0.4, 0.5) is 4.79 Å². The molecule has 148 valence electrons. The highest BCUT2D eigenvalue weighted by Gasteiger charge is 2.21. The first-order valence-electron chi connectivity index (χ1n) is 8.42. The van der Waals surface area contributed by atoms with Gasteiger partial charge in [-0.15, -0.1) is 0 Å². The summed E-state index contributed by atoms with van der Waals surface area (Å²) in [7, 11) is 0. The highest BCUT2D eigenvalue weighted by atomic mass is 32.1. The van der Waals surface area contributed by atoms with Crippen molar-refractivity contribution in [3.63, 3.8) is 0 Å². The summed E-state index contributed by atoms with van der Waals surface area (Å²) in [6, 6.07) is -2.21. The molecule has 0 spiro atoms. The average Bonchev–Trinajstić information content (AvgIpc) is 2.58. The van der Waals surface area contributed by atoms with E-state index in [1.54, 1.807) is 6.92 Å². The van der Waals surface area contributed by atoms with Crippen molar-refractivity contribution in [2.45, 2.75) is 64.6 Å². The van der Waals surface area contributed by atoms with Crippen LogP contribution in [0.15, 0.2) is 0 Å². The molecule has 0 aliphatic heterocycles. The van der Waals surface area contributed by atoms with Crippen LogP contribution in [-0.4, -0.2) is 54.0 Å². The Hall–Kier alpha value is -2.10. The number of hydrogen-bond donors (Lipinski definition) is 4. The van der Waals surface area contributed by atoms with Crippen LogP contribution in [0.3, 0.4) is 0 Å². The van der Waals surface area contributed by atoms with Crippen LogP contribution in [0.1, 0.15) is 46.5 Å². The van der Waals surface area contributed by atoms with Crippen molar-refractivity contribution in [2.24, 2.45) is 0 Å². The third-order valence-corrected chi connectivity index (χ3v) is 3.50. The molecule has 26 heavy (non-hydrogen) atoms. The van der Waals surface area contributed by atoms with Gasteiger partial charge >= 0.3 is 5.97 Å². The minimum atomic E-state index is -0.799. The van der Waals surface area contributed by atoms with E-state index in [1.165, 1.54) is 13.8 Å². The van der Waals surface area contributed by atoms with E-state index < -0.39 is 35.2 Å². The maximum absolute atomic E-state index is 12.1. The molecule has 0 aromatic carbocycles.